The Bertz CT molecular complexity index is 476. The summed E-state index contributed by atoms with van der Waals surface area (Å²) in [5.41, 5.74) is 6.49. The molecule has 0 bridgehead atoms. The quantitative estimate of drug-likeness (QED) is 0.816. The maximum absolute atomic E-state index is 11.5. The number of likely N-dealkylation sites (tertiary alicyclic amines) is 1. The molecule has 2 unspecified atom stereocenters. The molecule has 2 rings (SSSR count). The Kier molecular flexibility index (Phi) is 5.76. The van der Waals surface area contributed by atoms with Crippen molar-refractivity contribution in [2.75, 3.05) is 32.8 Å². The van der Waals surface area contributed by atoms with Gasteiger partial charge in [-0.3, -0.25) is 9.69 Å². The van der Waals surface area contributed by atoms with Crippen LogP contribution in [0.4, 0.5) is 0 Å². The molecule has 21 heavy (non-hydrogen) atoms. The second-order valence-electron chi connectivity index (χ2n) is 5.96. The molecular weight excluding hydrogens is 264 g/mol. The summed E-state index contributed by atoms with van der Waals surface area (Å²) >= 11 is 0. The molecule has 1 fully saturated rings. The number of ketones is 1. The van der Waals surface area contributed by atoms with Gasteiger partial charge in [-0.2, -0.15) is 0 Å². The van der Waals surface area contributed by atoms with E-state index in [2.05, 4.69) is 11.8 Å². The van der Waals surface area contributed by atoms with E-state index in [1.807, 2.05) is 24.3 Å². The molecule has 0 spiro atoms. The van der Waals surface area contributed by atoms with Crippen LogP contribution in [0.25, 0.3) is 0 Å². The summed E-state index contributed by atoms with van der Waals surface area (Å²) in [6, 6.07) is 7.43. The highest BCUT2D eigenvalue weighted by atomic mass is 16.5. The Balaban J connectivity index is 1.83. The minimum Gasteiger partial charge on any atom is -0.491 e. The van der Waals surface area contributed by atoms with Gasteiger partial charge in [-0.1, -0.05) is 19.1 Å². The monoisotopic (exact) mass is 290 g/mol. The topological polar surface area (TPSA) is 55.6 Å². The number of nitrogens with zero attached hydrogens (tertiary/aromatic N) is 1. The van der Waals surface area contributed by atoms with Crippen LogP contribution in [0, 0.1) is 11.8 Å². The SMILES string of the molecule is CC(=O)c1ccccc1OCCN1CCC(C)C(CN)C1. The number of ether oxygens (including phenoxy) is 1. The number of carbonyl (C=O) groups excluding carboxylic acids is 1. The maximum Gasteiger partial charge on any atom is 0.163 e. The molecule has 0 amide bonds. The van der Waals surface area contributed by atoms with Gasteiger partial charge in [-0.25, -0.2) is 0 Å². The zero-order chi connectivity index (χ0) is 15.2. The van der Waals surface area contributed by atoms with E-state index < -0.39 is 0 Å². The average molecular weight is 290 g/mol. The number of carbonyl (C=O) groups is 1. The fraction of sp³-hybridized carbons (Fsp3) is 0.588. The number of hydrogen-bond donors (Lipinski definition) is 1. The summed E-state index contributed by atoms with van der Waals surface area (Å²) in [5, 5.41) is 0. The van der Waals surface area contributed by atoms with E-state index in [1.165, 1.54) is 6.42 Å². The van der Waals surface area contributed by atoms with Crippen molar-refractivity contribution in [3.05, 3.63) is 29.8 Å². The lowest BCUT2D eigenvalue weighted by atomic mass is 9.87. The summed E-state index contributed by atoms with van der Waals surface area (Å²) in [7, 11) is 0. The van der Waals surface area contributed by atoms with E-state index in [1.54, 1.807) is 6.92 Å². The first-order valence-corrected chi connectivity index (χ1v) is 7.77. The average Bonchev–Trinajstić information content (AvgIpc) is 2.49. The third kappa shape index (κ3) is 4.29. The number of piperidine rings is 1. The Morgan fingerprint density at radius 2 is 2.19 bits per heavy atom. The molecule has 1 aromatic carbocycles. The molecule has 0 aromatic heterocycles. The molecule has 4 nitrogen and oxygen atoms in total. The van der Waals surface area contributed by atoms with Crippen molar-refractivity contribution in [3.63, 3.8) is 0 Å². The van der Waals surface area contributed by atoms with Crippen molar-refractivity contribution in [1.82, 2.24) is 4.90 Å². The summed E-state index contributed by atoms with van der Waals surface area (Å²) < 4.78 is 5.80. The highest BCUT2D eigenvalue weighted by Gasteiger charge is 2.24. The molecule has 1 heterocycles. The Morgan fingerprint density at radius 1 is 1.43 bits per heavy atom. The van der Waals surface area contributed by atoms with Gasteiger partial charge in [0.1, 0.15) is 12.4 Å². The minimum atomic E-state index is 0.0422. The van der Waals surface area contributed by atoms with Crippen LogP contribution in [-0.2, 0) is 0 Å². The van der Waals surface area contributed by atoms with Gasteiger partial charge in [0, 0.05) is 13.1 Å². The number of hydrogen-bond acceptors (Lipinski definition) is 4. The molecule has 1 aliphatic heterocycles. The van der Waals surface area contributed by atoms with E-state index in [-0.39, 0.29) is 5.78 Å². The number of para-hydroxylation sites is 1. The van der Waals surface area contributed by atoms with Crippen molar-refractivity contribution in [2.24, 2.45) is 17.6 Å². The largest absolute Gasteiger partial charge is 0.491 e. The fourth-order valence-electron chi connectivity index (χ4n) is 2.90. The van der Waals surface area contributed by atoms with Crippen LogP contribution in [-0.4, -0.2) is 43.5 Å². The third-order valence-electron chi connectivity index (χ3n) is 4.43. The predicted octanol–water partition coefficient (Wildman–Crippen LogP) is 2.18. The Hall–Kier alpha value is -1.39. The van der Waals surface area contributed by atoms with Crippen LogP contribution < -0.4 is 10.5 Å². The van der Waals surface area contributed by atoms with Gasteiger partial charge in [0.15, 0.2) is 5.78 Å². The van der Waals surface area contributed by atoms with E-state index in [9.17, 15) is 4.79 Å². The summed E-state index contributed by atoms with van der Waals surface area (Å²) in [5.74, 6) is 2.03. The normalized spacial score (nSPS) is 23.0. The number of rotatable bonds is 6. The van der Waals surface area contributed by atoms with Gasteiger partial charge in [0.2, 0.25) is 0 Å². The fourth-order valence-corrected chi connectivity index (χ4v) is 2.90. The second-order valence-corrected chi connectivity index (χ2v) is 5.96. The molecule has 0 saturated carbocycles. The number of nitrogens with two attached hydrogens (primary N) is 1. The van der Waals surface area contributed by atoms with Crippen molar-refractivity contribution in [2.45, 2.75) is 20.3 Å². The summed E-state index contributed by atoms with van der Waals surface area (Å²) in [4.78, 5) is 14.0. The van der Waals surface area contributed by atoms with Crippen LogP contribution >= 0.6 is 0 Å². The lowest BCUT2D eigenvalue weighted by Gasteiger charge is -2.36. The first kappa shape index (κ1) is 16.0. The number of benzene rings is 1. The number of Topliss-reactive ketones (excluding diaryl/α,β-unsaturated/α-hetero) is 1. The molecule has 2 atom stereocenters. The van der Waals surface area contributed by atoms with E-state index in [4.69, 9.17) is 10.5 Å². The zero-order valence-corrected chi connectivity index (χ0v) is 13.0. The van der Waals surface area contributed by atoms with Crippen molar-refractivity contribution in [1.29, 1.82) is 0 Å². The van der Waals surface area contributed by atoms with Crippen LogP contribution in [0.15, 0.2) is 24.3 Å². The van der Waals surface area contributed by atoms with Gasteiger partial charge in [-0.15, -0.1) is 0 Å². The predicted molar refractivity (Wildman–Crippen MR) is 84.7 cm³/mol. The minimum absolute atomic E-state index is 0.0422. The molecule has 0 aliphatic carbocycles. The van der Waals surface area contributed by atoms with Crippen molar-refractivity contribution in [3.8, 4) is 5.75 Å². The molecule has 1 aromatic rings. The zero-order valence-electron chi connectivity index (χ0n) is 13.0. The van der Waals surface area contributed by atoms with E-state index in [0.29, 0.717) is 29.8 Å². The molecule has 2 N–H and O–H groups in total. The smallest absolute Gasteiger partial charge is 0.163 e. The van der Waals surface area contributed by atoms with Gasteiger partial charge >= 0.3 is 0 Å². The van der Waals surface area contributed by atoms with Crippen LogP contribution in [0.1, 0.15) is 30.6 Å². The lowest BCUT2D eigenvalue weighted by molar-refractivity contribution is 0.100. The maximum atomic E-state index is 11.5. The van der Waals surface area contributed by atoms with Gasteiger partial charge in [0.05, 0.1) is 5.56 Å². The molecule has 1 saturated heterocycles. The second kappa shape index (κ2) is 7.57. The molecule has 116 valence electrons. The van der Waals surface area contributed by atoms with Crippen LogP contribution in [0.5, 0.6) is 5.75 Å². The van der Waals surface area contributed by atoms with Gasteiger partial charge in [0.25, 0.3) is 0 Å². The van der Waals surface area contributed by atoms with Crippen LogP contribution in [0.3, 0.4) is 0 Å². The molecule has 0 radical (unpaired) electrons. The van der Waals surface area contributed by atoms with E-state index >= 15 is 0 Å². The molecule has 4 heteroatoms. The van der Waals surface area contributed by atoms with E-state index in [0.717, 1.165) is 26.2 Å². The molecule has 1 aliphatic rings. The Labute approximate surface area is 127 Å². The molecular formula is C17H26N2O2. The van der Waals surface area contributed by atoms with Crippen molar-refractivity contribution < 1.29 is 9.53 Å². The lowest BCUT2D eigenvalue weighted by Crippen LogP contribution is -2.44. The van der Waals surface area contributed by atoms with Crippen molar-refractivity contribution >= 4 is 5.78 Å². The first-order valence-electron chi connectivity index (χ1n) is 7.77. The summed E-state index contributed by atoms with van der Waals surface area (Å²) in [6.45, 7) is 8.26. The first-order chi connectivity index (χ1) is 10.1. The summed E-state index contributed by atoms with van der Waals surface area (Å²) in [6.07, 6.45) is 1.20. The highest BCUT2D eigenvalue weighted by molar-refractivity contribution is 5.96. The highest BCUT2D eigenvalue weighted by Crippen LogP contribution is 2.22. The standard InChI is InChI=1S/C17H26N2O2/c1-13-7-8-19(12-15(13)11-18)9-10-21-17-6-4-3-5-16(17)14(2)20/h3-6,13,15H,7-12,18H2,1-2H3. The van der Waals surface area contributed by atoms with Crippen LogP contribution in [0.2, 0.25) is 0 Å². The van der Waals surface area contributed by atoms with Gasteiger partial charge in [-0.05, 0) is 50.4 Å². The Morgan fingerprint density at radius 3 is 2.90 bits per heavy atom. The van der Waals surface area contributed by atoms with Gasteiger partial charge < -0.3 is 10.5 Å². The third-order valence-corrected chi connectivity index (χ3v) is 4.43.